The van der Waals surface area contributed by atoms with Gasteiger partial charge in [-0.1, -0.05) is 0 Å². The Morgan fingerprint density at radius 2 is 1.03 bits per heavy atom. The second-order valence-corrected chi connectivity index (χ2v) is 6.57. The monoisotopic (exact) mass is 968 g/mol. The summed E-state index contributed by atoms with van der Waals surface area (Å²) in [6.07, 6.45) is 0. The number of aliphatic carboxylic acids is 3. The van der Waals surface area contributed by atoms with Crippen molar-refractivity contribution >= 4 is 35.2 Å². The Hall–Kier alpha value is 0.324. The number of carbonyl (C=O) groups is 4. The first-order valence-electron chi connectivity index (χ1n) is 10.3. The van der Waals surface area contributed by atoms with Gasteiger partial charge in [-0.2, -0.15) is 26.2 Å². The van der Waals surface area contributed by atoms with Crippen molar-refractivity contribution in [2.24, 2.45) is 0 Å². The second-order valence-electron chi connectivity index (χ2n) is 6.57. The van der Waals surface area contributed by atoms with E-state index in [0.717, 1.165) is 31.9 Å². The van der Waals surface area contributed by atoms with Gasteiger partial charge >= 0.3 is 120 Å². The predicted octanol–water partition coefficient (Wildman–Crippen LogP) is 1.69. The molecule has 0 bridgehead atoms. The van der Waals surface area contributed by atoms with Crippen LogP contribution in [0.2, 0.25) is 0 Å². The molecular formula is C22H34Gd3N6O7. The molecule has 218 valence electrons. The maximum absolute atomic E-state index is 12.2. The van der Waals surface area contributed by atoms with Crippen molar-refractivity contribution in [3.05, 3.63) is 61.0 Å². The Morgan fingerprint density at radius 1 is 0.737 bits per heavy atom. The van der Waals surface area contributed by atoms with Gasteiger partial charge in [-0.15, -0.1) is 13.1 Å². The number of benzene rings is 1. The zero-order chi connectivity index (χ0) is 27.2. The number of carboxylic acids is 3. The SMILES string of the molecule is CC(=O)N(c1ccc(N)cc1)N1CC[N-]CC[N-]CC[N-]CC1.[CH2-]C(=O)O.[CH2-]C(=O)O.[CH2-]C(=O)O.[Gd+2].[Gd+2].[Gd+2]. The number of carbonyl (C=O) groups excluding carboxylic acids is 1. The normalized spacial score (nSPS) is 13.2. The summed E-state index contributed by atoms with van der Waals surface area (Å²) in [5.41, 5.74) is 7.24. The van der Waals surface area contributed by atoms with E-state index in [1.165, 1.54) is 0 Å². The molecule has 1 aliphatic rings. The van der Waals surface area contributed by atoms with Gasteiger partial charge in [0, 0.05) is 12.6 Å². The molecule has 16 heteroatoms. The third kappa shape index (κ3) is 34.4. The molecule has 1 saturated heterocycles. The molecule has 0 aliphatic carbocycles. The molecule has 0 unspecified atom stereocenters. The van der Waals surface area contributed by atoms with Gasteiger partial charge in [0.05, 0.1) is 5.69 Å². The number of hydrogen-bond acceptors (Lipinski definition) is 6. The Balaban J connectivity index is -0.000000205. The van der Waals surface area contributed by atoms with Crippen LogP contribution in [-0.4, -0.2) is 96.5 Å². The zero-order valence-electron chi connectivity index (χ0n) is 20.9. The number of nitrogen functional groups attached to an aromatic ring is 1. The number of hydrazine groups is 1. The third-order valence-corrected chi connectivity index (χ3v) is 3.58. The van der Waals surface area contributed by atoms with Crippen LogP contribution >= 0.6 is 0 Å². The van der Waals surface area contributed by atoms with Gasteiger partial charge in [0.1, 0.15) is 0 Å². The van der Waals surface area contributed by atoms with Gasteiger partial charge in [0.15, 0.2) is 17.9 Å². The van der Waals surface area contributed by atoms with Crippen molar-refractivity contribution in [1.29, 1.82) is 0 Å². The summed E-state index contributed by atoms with van der Waals surface area (Å²) in [7, 11) is 0. The number of nitrogens with two attached hydrogens (primary N) is 1. The van der Waals surface area contributed by atoms with Crippen LogP contribution in [0.3, 0.4) is 0 Å². The maximum atomic E-state index is 12.2. The molecule has 0 radical (unpaired) electrons. The largest absolute Gasteiger partial charge is 2.00 e. The molecule has 1 aromatic carbocycles. The van der Waals surface area contributed by atoms with E-state index in [4.69, 9.17) is 35.4 Å². The Kier molecular flexibility index (Phi) is 40.3. The average Bonchev–Trinajstić information content (AvgIpc) is 2.70. The number of nitrogens with zero attached hydrogens (tertiary/aromatic N) is 5. The van der Waals surface area contributed by atoms with Crippen LogP contribution < -0.4 is 10.7 Å². The van der Waals surface area contributed by atoms with Gasteiger partial charge in [-0.3, -0.25) is 39.9 Å². The first-order chi connectivity index (χ1) is 16.4. The number of carboxylic acid groups (broad SMARTS) is 3. The van der Waals surface area contributed by atoms with E-state index < -0.39 is 17.9 Å². The minimum absolute atomic E-state index is 0. The van der Waals surface area contributed by atoms with Gasteiger partial charge in [0.25, 0.3) is 0 Å². The van der Waals surface area contributed by atoms with Gasteiger partial charge < -0.3 is 37.0 Å². The molecule has 5 N–H and O–H groups in total. The number of rotatable bonds is 2. The van der Waals surface area contributed by atoms with Crippen molar-refractivity contribution in [1.82, 2.24) is 5.01 Å². The summed E-state index contributed by atoms with van der Waals surface area (Å²) >= 11 is 0. The van der Waals surface area contributed by atoms with E-state index in [9.17, 15) is 4.79 Å². The minimum atomic E-state index is -1.08. The fourth-order valence-corrected chi connectivity index (χ4v) is 2.46. The zero-order valence-corrected chi connectivity index (χ0v) is 27.7. The fraction of sp³-hybridized carbons (Fsp3) is 0.409. The number of hydrogen-bond donors (Lipinski definition) is 4. The molecular weight excluding hydrogens is 932 g/mol. The summed E-state index contributed by atoms with van der Waals surface area (Å²) in [6.45, 7) is 14.9. The summed E-state index contributed by atoms with van der Waals surface area (Å²) in [4.78, 5) is 38.8. The smallest absolute Gasteiger partial charge is 0.665 e. The van der Waals surface area contributed by atoms with Crippen molar-refractivity contribution in [3.8, 4) is 0 Å². The van der Waals surface area contributed by atoms with Crippen LogP contribution in [0.1, 0.15) is 6.92 Å². The molecule has 0 saturated carbocycles. The first kappa shape index (κ1) is 48.1. The molecule has 1 heterocycles. The molecule has 0 aromatic heterocycles. The van der Waals surface area contributed by atoms with E-state index in [1.54, 1.807) is 24.1 Å². The Labute approximate surface area is 320 Å². The molecule has 1 aromatic rings. The fourth-order valence-electron chi connectivity index (χ4n) is 2.46. The van der Waals surface area contributed by atoms with Crippen molar-refractivity contribution in [2.75, 3.05) is 63.1 Å². The minimum Gasteiger partial charge on any atom is -0.665 e. The summed E-state index contributed by atoms with van der Waals surface area (Å²) in [5, 5.41) is 39.0. The van der Waals surface area contributed by atoms with Crippen molar-refractivity contribution in [2.45, 2.75) is 6.92 Å². The first-order valence-corrected chi connectivity index (χ1v) is 10.3. The van der Waals surface area contributed by atoms with Crippen LogP contribution in [-0.2, 0) is 19.2 Å². The van der Waals surface area contributed by atoms with Crippen molar-refractivity contribution < 1.29 is 154 Å². The summed E-state index contributed by atoms with van der Waals surface area (Å²) < 4.78 is 0. The van der Waals surface area contributed by atoms with Gasteiger partial charge in [-0.05, 0) is 37.4 Å². The molecule has 0 atom stereocenters. The van der Waals surface area contributed by atoms with E-state index in [1.807, 2.05) is 17.1 Å². The maximum Gasteiger partial charge on any atom is 2.00 e. The van der Waals surface area contributed by atoms with Crippen LogP contribution in [0.5, 0.6) is 0 Å². The van der Waals surface area contributed by atoms with Crippen molar-refractivity contribution in [3.63, 3.8) is 0 Å². The summed E-state index contributed by atoms with van der Waals surface area (Å²) in [6, 6.07) is 7.33. The van der Waals surface area contributed by atoms with E-state index in [0.29, 0.717) is 31.9 Å². The quantitative estimate of drug-likeness (QED) is 0.251. The molecule has 0 spiro atoms. The second kappa shape index (κ2) is 31.8. The van der Waals surface area contributed by atoms with E-state index in [-0.39, 0.29) is 126 Å². The molecule has 1 fully saturated rings. The molecule has 2 rings (SSSR count). The Morgan fingerprint density at radius 3 is 1.32 bits per heavy atom. The third-order valence-electron chi connectivity index (χ3n) is 3.58. The Bertz CT molecular complexity index is 709. The summed E-state index contributed by atoms with van der Waals surface area (Å²) in [5.74, 6) is -3.28. The molecule has 1 aliphatic heterocycles. The molecule has 13 nitrogen and oxygen atoms in total. The average molecular weight is 966 g/mol. The van der Waals surface area contributed by atoms with E-state index >= 15 is 0 Å². The van der Waals surface area contributed by atoms with Crippen LogP contribution in [0.4, 0.5) is 11.4 Å². The molecule has 1 amide bonds. The van der Waals surface area contributed by atoms with Crippen LogP contribution in [0.15, 0.2) is 24.3 Å². The van der Waals surface area contributed by atoms with Crippen LogP contribution in [0, 0.1) is 141 Å². The van der Waals surface area contributed by atoms with Crippen LogP contribution in [0.25, 0.3) is 16.0 Å². The van der Waals surface area contributed by atoms with Gasteiger partial charge in [0.2, 0.25) is 5.91 Å². The number of anilines is 2. The predicted molar refractivity (Wildman–Crippen MR) is 134 cm³/mol. The van der Waals surface area contributed by atoms with Gasteiger partial charge in [-0.25, -0.2) is 10.0 Å². The number of amides is 1. The standard InChI is InChI=1S/C16H25N6O.3C2H3O2.3Gd/c1-14(23)22(16-4-2-15(17)3-5-16)21-12-10-19-8-6-18-7-9-20-11-13-21;3*1-2(3)4;;;/h2-5H,6-13,17H2,1H3;3*1H2,(H,3,4);;;/q-3;3*-1;3*+2. The molecule has 38 heavy (non-hydrogen) atoms. The van der Waals surface area contributed by atoms with E-state index in [2.05, 4.69) is 36.7 Å². The topological polar surface area (TPSA) is 204 Å².